The maximum atomic E-state index is 14.7. The van der Waals surface area contributed by atoms with Crippen molar-refractivity contribution in [2.75, 3.05) is 26.2 Å². The number of piperazine rings is 1. The molecule has 9 heteroatoms. The first-order chi connectivity index (χ1) is 13.5. The second kappa shape index (κ2) is 7.48. The molecule has 148 valence electrons. The molecule has 0 saturated carbocycles. The molecule has 7 nitrogen and oxygen atoms in total. The minimum atomic E-state index is -0.464. The normalized spacial score (nSPS) is 16.6. The van der Waals surface area contributed by atoms with Crippen molar-refractivity contribution in [2.24, 2.45) is 0 Å². The molecule has 0 aliphatic carbocycles. The minimum Gasteiger partial charge on any atom is -0.492 e. The van der Waals surface area contributed by atoms with Gasteiger partial charge in [-0.25, -0.2) is 9.37 Å². The van der Waals surface area contributed by atoms with E-state index in [0.29, 0.717) is 53.8 Å². The van der Waals surface area contributed by atoms with Crippen molar-refractivity contribution in [1.29, 1.82) is 0 Å². The molecule has 1 aromatic carbocycles. The van der Waals surface area contributed by atoms with Crippen molar-refractivity contribution in [3.63, 3.8) is 0 Å². The third kappa shape index (κ3) is 3.24. The number of amides is 1. The van der Waals surface area contributed by atoms with Gasteiger partial charge in [0.2, 0.25) is 16.7 Å². The molecule has 1 amide bonds. The van der Waals surface area contributed by atoms with E-state index in [-0.39, 0.29) is 17.6 Å². The molecule has 1 fully saturated rings. The number of carbonyl (C=O) groups excluding carboxylic acids is 1. The van der Waals surface area contributed by atoms with E-state index < -0.39 is 6.04 Å². The second-order valence-corrected chi connectivity index (χ2v) is 7.84. The number of rotatable bonds is 4. The first kappa shape index (κ1) is 18.8. The first-order valence-electron chi connectivity index (χ1n) is 9.31. The summed E-state index contributed by atoms with van der Waals surface area (Å²) in [5.74, 6) is 0.366. The molecule has 1 saturated heterocycles. The summed E-state index contributed by atoms with van der Waals surface area (Å²) in [5.41, 5.74) is 0.495. The van der Waals surface area contributed by atoms with E-state index in [1.807, 2.05) is 6.92 Å². The Morgan fingerprint density at radius 3 is 2.61 bits per heavy atom. The van der Waals surface area contributed by atoms with Crippen LogP contribution in [0.3, 0.4) is 0 Å². The predicted octanol–water partition coefficient (Wildman–Crippen LogP) is 2.45. The van der Waals surface area contributed by atoms with Crippen LogP contribution in [0.2, 0.25) is 0 Å². The van der Waals surface area contributed by atoms with Crippen LogP contribution in [0.25, 0.3) is 4.96 Å². The summed E-state index contributed by atoms with van der Waals surface area (Å²) in [6, 6.07) is 6.15. The maximum Gasteiger partial charge on any atom is 0.230 e. The summed E-state index contributed by atoms with van der Waals surface area (Å²) in [7, 11) is 0. The van der Waals surface area contributed by atoms with Gasteiger partial charge in [0.05, 0.1) is 10.9 Å². The number of carbonyl (C=O) groups is 1. The van der Waals surface area contributed by atoms with Gasteiger partial charge in [-0.15, -0.1) is 5.10 Å². The number of hydrogen-bond acceptors (Lipinski definition) is 6. The Morgan fingerprint density at radius 1 is 1.29 bits per heavy atom. The van der Waals surface area contributed by atoms with E-state index >= 15 is 0 Å². The Labute approximate surface area is 166 Å². The van der Waals surface area contributed by atoms with E-state index in [1.165, 1.54) is 21.9 Å². The quantitative estimate of drug-likeness (QED) is 0.724. The highest BCUT2D eigenvalue weighted by Gasteiger charge is 2.33. The van der Waals surface area contributed by atoms with Crippen molar-refractivity contribution < 1.29 is 14.3 Å². The molecular formula is C19H22FN5O2S. The van der Waals surface area contributed by atoms with Crippen LogP contribution in [0, 0.1) is 5.82 Å². The average molecular weight is 403 g/mol. The van der Waals surface area contributed by atoms with Crippen LogP contribution in [0.15, 0.2) is 24.3 Å². The molecule has 1 atom stereocenters. The zero-order chi connectivity index (χ0) is 19.8. The molecule has 0 spiro atoms. The number of thiazole rings is 1. The highest BCUT2D eigenvalue weighted by Crippen LogP contribution is 2.41. The third-order valence-corrected chi connectivity index (χ3v) is 6.21. The molecule has 0 radical (unpaired) electrons. The van der Waals surface area contributed by atoms with Gasteiger partial charge in [-0.2, -0.15) is 4.52 Å². The average Bonchev–Trinajstić information content (AvgIpc) is 3.23. The smallest absolute Gasteiger partial charge is 0.230 e. The van der Waals surface area contributed by atoms with Crippen molar-refractivity contribution in [3.05, 3.63) is 46.3 Å². The Morgan fingerprint density at radius 2 is 2.00 bits per heavy atom. The summed E-state index contributed by atoms with van der Waals surface area (Å²) < 4.78 is 16.1. The molecule has 1 aliphatic rings. The molecule has 3 aromatic rings. The van der Waals surface area contributed by atoms with E-state index in [9.17, 15) is 14.3 Å². The Bertz CT molecular complexity index is 1010. The van der Waals surface area contributed by atoms with Crippen LogP contribution in [-0.4, -0.2) is 61.6 Å². The number of hydrogen-bond donors (Lipinski definition) is 1. The van der Waals surface area contributed by atoms with Crippen LogP contribution in [-0.2, 0) is 11.2 Å². The van der Waals surface area contributed by atoms with Gasteiger partial charge in [-0.3, -0.25) is 9.69 Å². The lowest BCUT2D eigenvalue weighted by Gasteiger charge is -2.38. The topological polar surface area (TPSA) is 74.0 Å². The van der Waals surface area contributed by atoms with Gasteiger partial charge >= 0.3 is 0 Å². The Balaban J connectivity index is 1.76. The van der Waals surface area contributed by atoms with Crippen LogP contribution < -0.4 is 0 Å². The van der Waals surface area contributed by atoms with Crippen LogP contribution >= 0.6 is 11.3 Å². The summed E-state index contributed by atoms with van der Waals surface area (Å²) in [4.78, 5) is 21.2. The molecule has 3 heterocycles. The molecule has 4 rings (SSSR count). The highest BCUT2D eigenvalue weighted by molar-refractivity contribution is 7.17. The largest absolute Gasteiger partial charge is 0.492 e. The zero-order valence-electron chi connectivity index (χ0n) is 15.8. The summed E-state index contributed by atoms with van der Waals surface area (Å²) in [6.45, 7) is 5.83. The molecule has 28 heavy (non-hydrogen) atoms. The van der Waals surface area contributed by atoms with Crippen LogP contribution in [0.4, 0.5) is 4.39 Å². The van der Waals surface area contributed by atoms with Crippen LogP contribution in [0.5, 0.6) is 5.88 Å². The fourth-order valence-electron chi connectivity index (χ4n) is 3.61. The summed E-state index contributed by atoms with van der Waals surface area (Å²) in [5, 5.41) is 15.2. The SMILES string of the molecule is CCc1nc2sc([C@@H](c3ccccc3F)N3CCN(C(C)=O)CC3)c(O)n2n1. The van der Waals surface area contributed by atoms with E-state index in [1.54, 1.807) is 30.0 Å². The monoisotopic (exact) mass is 403 g/mol. The number of fused-ring (bicyclic) bond motifs is 1. The van der Waals surface area contributed by atoms with Crippen molar-refractivity contribution in [2.45, 2.75) is 26.3 Å². The molecule has 1 aliphatic heterocycles. The fraction of sp³-hybridized carbons (Fsp3) is 0.421. The van der Waals surface area contributed by atoms with Gasteiger partial charge in [0.15, 0.2) is 5.82 Å². The number of benzene rings is 1. The summed E-state index contributed by atoms with van der Waals surface area (Å²) in [6.07, 6.45) is 0.674. The third-order valence-electron chi connectivity index (χ3n) is 5.13. The van der Waals surface area contributed by atoms with Gasteiger partial charge in [-0.1, -0.05) is 36.5 Å². The second-order valence-electron chi connectivity index (χ2n) is 6.83. The Kier molecular flexibility index (Phi) is 5.03. The standard InChI is InChI=1S/C19H22FN5O2S/c1-3-15-21-19-25(22-15)18(27)17(28-19)16(13-6-4-5-7-14(13)20)24-10-8-23(9-11-24)12(2)26/h4-7,16,27H,3,8-11H2,1-2H3/t16-/m1/s1. The minimum absolute atomic E-state index is 0.00514. The number of halogens is 1. The Hall–Kier alpha value is -2.52. The predicted molar refractivity (Wildman–Crippen MR) is 104 cm³/mol. The first-order valence-corrected chi connectivity index (χ1v) is 10.1. The van der Waals surface area contributed by atoms with Gasteiger partial charge in [0.25, 0.3) is 0 Å². The van der Waals surface area contributed by atoms with Crippen molar-refractivity contribution in [1.82, 2.24) is 24.4 Å². The molecule has 0 unspecified atom stereocenters. The molecule has 1 N–H and O–H groups in total. The number of aromatic nitrogens is 3. The zero-order valence-corrected chi connectivity index (χ0v) is 16.6. The van der Waals surface area contributed by atoms with Gasteiger partial charge in [0, 0.05) is 45.1 Å². The fourth-order valence-corrected chi connectivity index (χ4v) is 4.74. The van der Waals surface area contributed by atoms with E-state index in [0.717, 1.165) is 0 Å². The van der Waals surface area contributed by atoms with Crippen molar-refractivity contribution >= 4 is 22.2 Å². The molecular weight excluding hydrogens is 381 g/mol. The number of aryl methyl sites for hydroxylation is 1. The van der Waals surface area contributed by atoms with Crippen molar-refractivity contribution in [3.8, 4) is 5.88 Å². The molecule has 2 aromatic heterocycles. The van der Waals surface area contributed by atoms with Crippen LogP contribution in [0.1, 0.15) is 36.2 Å². The maximum absolute atomic E-state index is 14.7. The lowest BCUT2D eigenvalue weighted by Crippen LogP contribution is -2.49. The summed E-state index contributed by atoms with van der Waals surface area (Å²) >= 11 is 1.32. The molecule has 0 bridgehead atoms. The highest BCUT2D eigenvalue weighted by atomic mass is 32.1. The lowest BCUT2D eigenvalue weighted by molar-refractivity contribution is -0.130. The lowest BCUT2D eigenvalue weighted by atomic mass is 10.0. The van der Waals surface area contributed by atoms with Gasteiger partial charge in [-0.05, 0) is 6.07 Å². The van der Waals surface area contributed by atoms with E-state index in [4.69, 9.17) is 0 Å². The van der Waals surface area contributed by atoms with Gasteiger partial charge in [0.1, 0.15) is 5.82 Å². The number of aromatic hydroxyl groups is 1. The van der Waals surface area contributed by atoms with Gasteiger partial charge < -0.3 is 10.0 Å². The number of nitrogens with zero attached hydrogens (tertiary/aromatic N) is 5. The van der Waals surface area contributed by atoms with E-state index in [2.05, 4.69) is 15.0 Å².